The molecule has 0 bridgehead atoms. The van der Waals surface area contributed by atoms with Crippen molar-refractivity contribution in [2.45, 2.75) is 58.5 Å². The van der Waals surface area contributed by atoms with E-state index < -0.39 is 0 Å². The van der Waals surface area contributed by atoms with Gasteiger partial charge in [0.2, 0.25) is 0 Å². The highest BCUT2D eigenvalue weighted by Gasteiger charge is 2.14. The van der Waals surface area contributed by atoms with Gasteiger partial charge in [-0.3, -0.25) is 0 Å². The molecule has 0 radical (unpaired) electrons. The third-order valence-electron chi connectivity index (χ3n) is 3.45. The average Bonchev–Trinajstić information content (AvgIpc) is 2.92. The molecule has 0 fully saturated rings. The first-order valence-electron chi connectivity index (χ1n) is 7.25. The summed E-state index contributed by atoms with van der Waals surface area (Å²) in [6, 6.07) is 1.36. The van der Waals surface area contributed by atoms with Gasteiger partial charge in [-0.1, -0.05) is 25.9 Å². The fourth-order valence-electron chi connectivity index (χ4n) is 1.99. The van der Waals surface area contributed by atoms with Crippen LogP contribution in [0.2, 0.25) is 0 Å². The number of hydrogen-bond acceptors (Lipinski definition) is 4. The zero-order valence-electron chi connectivity index (χ0n) is 12.5. The first kappa shape index (κ1) is 16.5. The Morgan fingerprint density at radius 2 is 2.05 bits per heavy atom. The number of rotatable bonds is 8. The van der Waals surface area contributed by atoms with Gasteiger partial charge in [0.1, 0.15) is 0 Å². The highest BCUT2D eigenvalue weighted by molar-refractivity contribution is 5.74. The van der Waals surface area contributed by atoms with Gasteiger partial charge in [0.25, 0.3) is 0 Å². The summed E-state index contributed by atoms with van der Waals surface area (Å²) in [5, 5.41) is 18.4. The minimum Gasteiger partial charge on any atom is -0.394 e. The molecule has 3 N–H and O–H groups in total. The summed E-state index contributed by atoms with van der Waals surface area (Å²) in [7, 11) is 0. The lowest BCUT2D eigenvalue weighted by molar-refractivity contribution is 0.213. The van der Waals surface area contributed by atoms with E-state index in [1.54, 1.807) is 0 Å². The number of aromatic nitrogens is 1. The van der Waals surface area contributed by atoms with E-state index in [0.717, 1.165) is 18.5 Å². The number of aliphatic hydroxyl groups is 1. The van der Waals surface area contributed by atoms with Crippen LogP contribution >= 0.6 is 0 Å². The maximum Gasteiger partial charge on any atom is 0.315 e. The Labute approximate surface area is 119 Å². The third-order valence-corrected chi connectivity index (χ3v) is 3.45. The van der Waals surface area contributed by atoms with Crippen LogP contribution in [0.4, 0.5) is 4.79 Å². The van der Waals surface area contributed by atoms with E-state index in [1.165, 1.54) is 0 Å². The van der Waals surface area contributed by atoms with E-state index in [9.17, 15) is 4.79 Å². The van der Waals surface area contributed by atoms with E-state index >= 15 is 0 Å². The second-order valence-electron chi connectivity index (χ2n) is 4.85. The van der Waals surface area contributed by atoms with Crippen molar-refractivity contribution in [2.75, 3.05) is 6.61 Å². The normalized spacial score (nSPS) is 12.4. The molecule has 1 atom stereocenters. The highest BCUT2D eigenvalue weighted by atomic mass is 16.5. The third kappa shape index (κ3) is 4.85. The largest absolute Gasteiger partial charge is 0.394 e. The lowest BCUT2D eigenvalue weighted by atomic mass is 9.99. The summed E-state index contributed by atoms with van der Waals surface area (Å²) in [6.45, 7) is 6.37. The molecule has 0 saturated carbocycles. The van der Waals surface area contributed by atoms with Gasteiger partial charge in [-0.05, 0) is 19.3 Å². The molecule has 114 valence electrons. The van der Waals surface area contributed by atoms with Crippen LogP contribution in [0.15, 0.2) is 10.6 Å². The molecule has 0 aliphatic heterocycles. The Kier molecular flexibility index (Phi) is 7.08. The Bertz CT molecular complexity index is 398. The molecule has 1 unspecified atom stereocenters. The zero-order chi connectivity index (χ0) is 15.0. The first-order valence-corrected chi connectivity index (χ1v) is 7.25. The van der Waals surface area contributed by atoms with Gasteiger partial charge < -0.3 is 20.3 Å². The van der Waals surface area contributed by atoms with Crippen LogP contribution < -0.4 is 10.6 Å². The second kappa shape index (κ2) is 8.58. The number of nitrogens with one attached hydrogen (secondary N) is 2. The van der Waals surface area contributed by atoms with E-state index in [0.29, 0.717) is 24.6 Å². The molecule has 20 heavy (non-hydrogen) atoms. The molecule has 0 aliphatic rings. The van der Waals surface area contributed by atoms with Crippen molar-refractivity contribution in [3.05, 3.63) is 17.5 Å². The Balaban J connectivity index is 2.44. The van der Waals surface area contributed by atoms with Crippen molar-refractivity contribution >= 4 is 6.03 Å². The fraction of sp³-hybridized carbons (Fsp3) is 0.714. The van der Waals surface area contributed by atoms with Crippen molar-refractivity contribution in [2.24, 2.45) is 0 Å². The number of carbonyl (C=O) groups is 1. The van der Waals surface area contributed by atoms with Crippen LogP contribution in [0.25, 0.3) is 0 Å². The predicted octanol–water partition coefficient (Wildman–Crippen LogP) is 2.15. The van der Waals surface area contributed by atoms with Gasteiger partial charge in [-0.2, -0.15) is 0 Å². The number of amides is 2. The maximum atomic E-state index is 11.6. The van der Waals surface area contributed by atoms with Crippen molar-refractivity contribution in [1.82, 2.24) is 15.8 Å². The predicted molar refractivity (Wildman–Crippen MR) is 76.4 cm³/mol. The molecule has 6 heteroatoms. The molecule has 0 aromatic carbocycles. The van der Waals surface area contributed by atoms with Crippen molar-refractivity contribution in [3.63, 3.8) is 0 Å². The molecular weight excluding hydrogens is 258 g/mol. The standard InChI is InChI=1S/C14H25N3O3/c1-4-10(5-2)13-7-12(20-17-13)8-15-14(19)16-11(6-3)9-18/h7,10-11,18H,4-6,8-9H2,1-3H3,(H2,15,16,19). The summed E-state index contributed by atoms with van der Waals surface area (Å²) < 4.78 is 5.22. The lowest BCUT2D eigenvalue weighted by Crippen LogP contribution is -2.43. The smallest absolute Gasteiger partial charge is 0.315 e. The van der Waals surface area contributed by atoms with E-state index in [4.69, 9.17) is 9.63 Å². The molecule has 1 aromatic rings. The second-order valence-corrected chi connectivity index (χ2v) is 4.85. The molecule has 2 amide bonds. The molecule has 0 saturated heterocycles. The first-order chi connectivity index (χ1) is 9.64. The lowest BCUT2D eigenvalue weighted by Gasteiger charge is -2.13. The summed E-state index contributed by atoms with van der Waals surface area (Å²) in [5.41, 5.74) is 0.939. The highest BCUT2D eigenvalue weighted by Crippen LogP contribution is 2.22. The van der Waals surface area contributed by atoms with E-state index in [2.05, 4.69) is 29.6 Å². The molecule has 1 aromatic heterocycles. The molecule has 0 spiro atoms. The Morgan fingerprint density at radius 1 is 1.35 bits per heavy atom. The minimum atomic E-state index is -0.314. The van der Waals surface area contributed by atoms with Crippen LogP contribution in [0.5, 0.6) is 0 Å². The number of aliphatic hydroxyl groups excluding tert-OH is 1. The SMILES string of the molecule is CCC(CO)NC(=O)NCc1cc(C(CC)CC)no1. The van der Waals surface area contributed by atoms with Gasteiger partial charge in [0.15, 0.2) is 5.76 Å². The number of hydrogen-bond donors (Lipinski definition) is 3. The summed E-state index contributed by atoms with van der Waals surface area (Å²) in [4.78, 5) is 11.6. The van der Waals surface area contributed by atoms with E-state index in [-0.39, 0.29) is 18.7 Å². The maximum absolute atomic E-state index is 11.6. The molecule has 1 heterocycles. The van der Waals surface area contributed by atoms with Crippen LogP contribution in [0.3, 0.4) is 0 Å². The van der Waals surface area contributed by atoms with Gasteiger partial charge in [0, 0.05) is 12.0 Å². The van der Waals surface area contributed by atoms with Gasteiger partial charge >= 0.3 is 6.03 Å². The summed E-state index contributed by atoms with van der Waals surface area (Å²) in [6.07, 6.45) is 2.72. The van der Waals surface area contributed by atoms with Gasteiger partial charge in [0.05, 0.1) is 24.9 Å². The van der Waals surface area contributed by atoms with Crippen LogP contribution in [0.1, 0.15) is 57.4 Å². The monoisotopic (exact) mass is 283 g/mol. The molecular formula is C14H25N3O3. The van der Waals surface area contributed by atoms with Crippen LogP contribution in [-0.4, -0.2) is 28.9 Å². The summed E-state index contributed by atoms with van der Waals surface area (Å²) >= 11 is 0. The van der Waals surface area contributed by atoms with Crippen molar-refractivity contribution < 1.29 is 14.4 Å². The van der Waals surface area contributed by atoms with Crippen molar-refractivity contribution in [3.8, 4) is 0 Å². The number of nitrogens with zero attached hydrogens (tertiary/aromatic N) is 1. The fourth-order valence-corrected chi connectivity index (χ4v) is 1.99. The van der Waals surface area contributed by atoms with Crippen LogP contribution in [0, 0.1) is 0 Å². The van der Waals surface area contributed by atoms with Gasteiger partial charge in [-0.25, -0.2) is 4.79 Å². The summed E-state index contributed by atoms with van der Waals surface area (Å²) in [5.74, 6) is 1.04. The van der Waals surface area contributed by atoms with E-state index in [1.807, 2.05) is 13.0 Å². The Hall–Kier alpha value is -1.56. The quantitative estimate of drug-likeness (QED) is 0.682. The minimum absolute atomic E-state index is 0.0644. The van der Waals surface area contributed by atoms with Crippen molar-refractivity contribution in [1.29, 1.82) is 0 Å². The molecule has 0 aliphatic carbocycles. The van der Waals surface area contributed by atoms with Crippen LogP contribution in [-0.2, 0) is 6.54 Å². The Morgan fingerprint density at radius 3 is 2.60 bits per heavy atom. The number of urea groups is 1. The van der Waals surface area contributed by atoms with Gasteiger partial charge in [-0.15, -0.1) is 0 Å². The average molecular weight is 283 g/mol. The molecule has 6 nitrogen and oxygen atoms in total. The molecule has 1 rings (SSSR count). The zero-order valence-corrected chi connectivity index (χ0v) is 12.5. The number of carbonyl (C=O) groups excluding carboxylic acids is 1. The topological polar surface area (TPSA) is 87.4 Å².